The molecule has 88 valence electrons. The minimum atomic E-state index is -0.146. The van der Waals surface area contributed by atoms with Gasteiger partial charge in [-0.3, -0.25) is 4.79 Å². The van der Waals surface area contributed by atoms with Gasteiger partial charge in [0, 0.05) is 12.6 Å². The number of aryl methyl sites for hydroxylation is 2. The second-order valence-corrected chi connectivity index (χ2v) is 3.79. The summed E-state index contributed by atoms with van der Waals surface area (Å²) in [5, 5.41) is 6.89. The van der Waals surface area contributed by atoms with Gasteiger partial charge in [-0.2, -0.15) is 5.10 Å². The highest BCUT2D eigenvalue weighted by Crippen LogP contribution is 2.09. The number of nitrogens with zero attached hydrogens (tertiary/aromatic N) is 4. The summed E-state index contributed by atoms with van der Waals surface area (Å²) in [7, 11) is 0. The molecule has 2 aromatic heterocycles. The van der Waals surface area contributed by atoms with Gasteiger partial charge in [0.2, 0.25) is 5.91 Å². The molecule has 0 aliphatic carbocycles. The molecular formula is C11H13N5O. The van der Waals surface area contributed by atoms with Crippen LogP contribution in [0.4, 0.5) is 5.69 Å². The van der Waals surface area contributed by atoms with E-state index in [0.29, 0.717) is 11.6 Å². The number of anilines is 1. The van der Waals surface area contributed by atoms with Crippen LogP contribution in [0.25, 0.3) is 5.95 Å². The van der Waals surface area contributed by atoms with Crippen LogP contribution >= 0.6 is 0 Å². The van der Waals surface area contributed by atoms with Crippen molar-refractivity contribution in [3.05, 3.63) is 29.8 Å². The molecule has 0 aliphatic heterocycles. The Morgan fingerprint density at radius 2 is 1.94 bits per heavy atom. The Bertz CT molecular complexity index is 543. The van der Waals surface area contributed by atoms with Gasteiger partial charge in [-0.05, 0) is 19.9 Å². The molecule has 0 bridgehead atoms. The second-order valence-electron chi connectivity index (χ2n) is 3.79. The van der Waals surface area contributed by atoms with E-state index >= 15 is 0 Å². The number of hydrogen-bond acceptors (Lipinski definition) is 4. The van der Waals surface area contributed by atoms with Crippen LogP contribution in [0.15, 0.2) is 18.5 Å². The van der Waals surface area contributed by atoms with Gasteiger partial charge in [0.05, 0.1) is 23.8 Å². The van der Waals surface area contributed by atoms with Crippen molar-refractivity contribution in [2.75, 3.05) is 5.32 Å². The van der Waals surface area contributed by atoms with Crippen LogP contribution < -0.4 is 5.32 Å². The largest absolute Gasteiger partial charge is 0.324 e. The van der Waals surface area contributed by atoms with E-state index in [9.17, 15) is 4.79 Å². The maximum absolute atomic E-state index is 10.8. The van der Waals surface area contributed by atoms with E-state index in [4.69, 9.17) is 0 Å². The maximum atomic E-state index is 10.8. The number of rotatable bonds is 2. The van der Waals surface area contributed by atoms with Crippen LogP contribution in [-0.4, -0.2) is 25.7 Å². The molecule has 1 N–H and O–H groups in total. The number of hydrogen-bond donors (Lipinski definition) is 1. The van der Waals surface area contributed by atoms with Crippen molar-refractivity contribution >= 4 is 11.6 Å². The monoisotopic (exact) mass is 231 g/mol. The highest BCUT2D eigenvalue weighted by molar-refractivity contribution is 5.88. The van der Waals surface area contributed by atoms with Gasteiger partial charge >= 0.3 is 0 Å². The van der Waals surface area contributed by atoms with Crippen molar-refractivity contribution < 1.29 is 4.79 Å². The third kappa shape index (κ3) is 2.47. The summed E-state index contributed by atoms with van der Waals surface area (Å²) in [4.78, 5) is 19.1. The van der Waals surface area contributed by atoms with E-state index in [1.165, 1.54) is 6.92 Å². The molecular weight excluding hydrogens is 218 g/mol. The lowest BCUT2D eigenvalue weighted by Gasteiger charge is -2.04. The van der Waals surface area contributed by atoms with Gasteiger partial charge in [0.25, 0.3) is 5.95 Å². The highest BCUT2D eigenvalue weighted by Gasteiger charge is 2.06. The average molecular weight is 231 g/mol. The molecule has 0 spiro atoms. The Hall–Kier alpha value is -2.24. The van der Waals surface area contributed by atoms with E-state index in [0.717, 1.165) is 11.4 Å². The van der Waals surface area contributed by atoms with E-state index in [1.54, 1.807) is 17.1 Å². The SMILES string of the molecule is CC(=O)Nc1cnc(-n2nc(C)cc2C)nc1. The van der Waals surface area contributed by atoms with Crippen molar-refractivity contribution in [1.29, 1.82) is 0 Å². The predicted molar refractivity (Wildman–Crippen MR) is 62.9 cm³/mol. The quantitative estimate of drug-likeness (QED) is 0.843. The minimum absolute atomic E-state index is 0.146. The zero-order valence-corrected chi connectivity index (χ0v) is 9.93. The van der Waals surface area contributed by atoms with Gasteiger partial charge in [0.1, 0.15) is 0 Å². The fourth-order valence-electron chi connectivity index (χ4n) is 1.53. The summed E-state index contributed by atoms with van der Waals surface area (Å²) in [6, 6.07) is 1.95. The molecule has 6 nitrogen and oxygen atoms in total. The summed E-state index contributed by atoms with van der Waals surface area (Å²) in [6.45, 7) is 5.29. The lowest BCUT2D eigenvalue weighted by Crippen LogP contribution is -2.09. The van der Waals surface area contributed by atoms with Gasteiger partial charge in [-0.25, -0.2) is 14.6 Å². The van der Waals surface area contributed by atoms with Crippen molar-refractivity contribution in [3.63, 3.8) is 0 Å². The van der Waals surface area contributed by atoms with E-state index < -0.39 is 0 Å². The molecule has 2 aromatic rings. The molecule has 6 heteroatoms. The van der Waals surface area contributed by atoms with Crippen molar-refractivity contribution in [1.82, 2.24) is 19.7 Å². The molecule has 17 heavy (non-hydrogen) atoms. The second kappa shape index (κ2) is 4.32. The normalized spacial score (nSPS) is 10.3. The van der Waals surface area contributed by atoms with E-state index in [-0.39, 0.29) is 5.91 Å². The van der Waals surface area contributed by atoms with Crippen molar-refractivity contribution in [3.8, 4) is 5.95 Å². The summed E-state index contributed by atoms with van der Waals surface area (Å²) in [5.74, 6) is 0.345. The molecule has 1 amide bonds. The van der Waals surface area contributed by atoms with Gasteiger partial charge in [-0.1, -0.05) is 0 Å². The van der Waals surface area contributed by atoms with Crippen LogP contribution in [-0.2, 0) is 4.79 Å². The van der Waals surface area contributed by atoms with Crippen LogP contribution in [0.2, 0.25) is 0 Å². The van der Waals surface area contributed by atoms with Crippen LogP contribution in [0.3, 0.4) is 0 Å². The summed E-state index contributed by atoms with van der Waals surface area (Å²) >= 11 is 0. The fraction of sp³-hybridized carbons (Fsp3) is 0.273. The van der Waals surface area contributed by atoms with Crippen LogP contribution in [0, 0.1) is 13.8 Å². The third-order valence-electron chi connectivity index (χ3n) is 2.16. The predicted octanol–water partition coefficient (Wildman–Crippen LogP) is 1.24. The first-order valence-corrected chi connectivity index (χ1v) is 5.19. The first kappa shape index (κ1) is 11.3. The van der Waals surface area contributed by atoms with E-state index in [1.807, 2.05) is 19.9 Å². The molecule has 2 heterocycles. The molecule has 0 atom stereocenters. The molecule has 0 unspecified atom stereocenters. The smallest absolute Gasteiger partial charge is 0.250 e. The fourth-order valence-corrected chi connectivity index (χ4v) is 1.53. The first-order chi connectivity index (χ1) is 8.06. The van der Waals surface area contributed by atoms with Gasteiger partial charge < -0.3 is 5.32 Å². The molecule has 0 aromatic carbocycles. The Balaban J connectivity index is 2.29. The van der Waals surface area contributed by atoms with Crippen LogP contribution in [0.5, 0.6) is 0 Å². The van der Waals surface area contributed by atoms with Gasteiger partial charge in [-0.15, -0.1) is 0 Å². The summed E-state index contributed by atoms with van der Waals surface area (Å²) in [6.07, 6.45) is 3.11. The number of nitrogens with one attached hydrogen (secondary N) is 1. The minimum Gasteiger partial charge on any atom is -0.324 e. The lowest BCUT2D eigenvalue weighted by atomic mass is 10.4. The lowest BCUT2D eigenvalue weighted by molar-refractivity contribution is -0.114. The Morgan fingerprint density at radius 3 is 2.41 bits per heavy atom. The first-order valence-electron chi connectivity index (χ1n) is 5.19. The highest BCUT2D eigenvalue weighted by atomic mass is 16.1. The molecule has 0 fully saturated rings. The zero-order valence-electron chi connectivity index (χ0n) is 9.93. The van der Waals surface area contributed by atoms with Crippen molar-refractivity contribution in [2.45, 2.75) is 20.8 Å². The molecule has 0 saturated heterocycles. The summed E-state index contributed by atoms with van der Waals surface area (Å²) < 4.78 is 1.66. The third-order valence-corrected chi connectivity index (χ3v) is 2.16. The Morgan fingerprint density at radius 1 is 1.29 bits per heavy atom. The Kier molecular flexibility index (Phi) is 2.86. The number of carbonyl (C=O) groups excluding carboxylic acids is 1. The Labute approximate surface area is 98.7 Å². The molecule has 0 saturated carbocycles. The van der Waals surface area contributed by atoms with Crippen LogP contribution in [0.1, 0.15) is 18.3 Å². The zero-order chi connectivity index (χ0) is 12.4. The molecule has 2 rings (SSSR count). The maximum Gasteiger partial charge on any atom is 0.250 e. The molecule has 0 aliphatic rings. The average Bonchev–Trinajstić information content (AvgIpc) is 2.58. The molecule has 0 radical (unpaired) electrons. The van der Waals surface area contributed by atoms with Crippen molar-refractivity contribution in [2.24, 2.45) is 0 Å². The summed E-state index contributed by atoms with van der Waals surface area (Å²) in [5.41, 5.74) is 2.45. The number of amides is 1. The number of aromatic nitrogens is 4. The van der Waals surface area contributed by atoms with E-state index in [2.05, 4.69) is 20.4 Å². The van der Waals surface area contributed by atoms with Gasteiger partial charge in [0.15, 0.2) is 0 Å². The topological polar surface area (TPSA) is 72.7 Å². The standard InChI is InChI=1S/C11H13N5O/c1-7-4-8(2)16(15-7)11-12-5-10(6-13-11)14-9(3)17/h4-6H,1-3H3,(H,14,17). The number of carbonyl (C=O) groups is 1.